The van der Waals surface area contributed by atoms with Gasteiger partial charge in [0.05, 0.1) is 0 Å². The molecule has 0 saturated carbocycles. The molecule has 1 N–H and O–H groups in total. The quantitative estimate of drug-likeness (QED) is 0.168. The number of rotatable bonds is 21. The molecule has 0 aliphatic heterocycles. The molecule has 0 aromatic rings. The number of esters is 1. The van der Waals surface area contributed by atoms with Crippen molar-refractivity contribution in [2.24, 2.45) is 0 Å². The molecule has 0 heterocycles. The van der Waals surface area contributed by atoms with Crippen molar-refractivity contribution in [3.05, 3.63) is 0 Å². The van der Waals surface area contributed by atoms with E-state index < -0.39 is 0 Å². The van der Waals surface area contributed by atoms with E-state index in [9.17, 15) is 4.79 Å². The van der Waals surface area contributed by atoms with Crippen molar-refractivity contribution in [3.63, 3.8) is 0 Å². The topological polar surface area (TPSA) is 38.3 Å². The zero-order chi connectivity index (χ0) is 20.0. The van der Waals surface area contributed by atoms with Gasteiger partial charge in [-0.05, 0) is 12.8 Å². The smallest absolute Gasteiger partial charge is 0.305 e. The molecule has 0 fully saturated rings. The van der Waals surface area contributed by atoms with Crippen LogP contribution in [0.5, 0.6) is 0 Å². The van der Waals surface area contributed by atoms with Gasteiger partial charge < -0.3 is 10.1 Å². The minimum absolute atomic E-state index is 0.0904. The summed E-state index contributed by atoms with van der Waals surface area (Å²) in [7, 11) is 0. The van der Waals surface area contributed by atoms with E-state index >= 15 is 0 Å². The van der Waals surface area contributed by atoms with Crippen LogP contribution in [0.2, 0.25) is 0 Å². The first-order chi connectivity index (χ1) is 13.2. The van der Waals surface area contributed by atoms with Gasteiger partial charge in [-0.1, -0.05) is 111 Å². The average molecular weight is 384 g/mol. The molecule has 0 bridgehead atoms. The van der Waals surface area contributed by atoms with Crippen molar-refractivity contribution >= 4 is 5.97 Å². The van der Waals surface area contributed by atoms with Gasteiger partial charge in [-0.15, -0.1) is 0 Å². The maximum absolute atomic E-state index is 11.2. The molecule has 162 valence electrons. The summed E-state index contributed by atoms with van der Waals surface area (Å²) in [5, 5.41) is 3.64. The zero-order valence-electron chi connectivity index (χ0n) is 18.8. The lowest BCUT2D eigenvalue weighted by atomic mass is 10.00. The van der Waals surface area contributed by atoms with E-state index in [-0.39, 0.29) is 5.97 Å². The summed E-state index contributed by atoms with van der Waals surface area (Å²) in [5.41, 5.74) is 0. The average Bonchev–Trinajstić information content (AvgIpc) is 2.68. The third-order valence-electron chi connectivity index (χ3n) is 5.40. The number of carbonyl (C=O) groups excluding carboxylic acids is 1. The number of unbranched alkanes of at least 4 members (excludes halogenated alkanes) is 12. The summed E-state index contributed by atoms with van der Waals surface area (Å²) in [6.45, 7) is 7.70. The van der Waals surface area contributed by atoms with Crippen LogP contribution in [0.15, 0.2) is 0 Å². The second kappa shape index (κ2) is 21.7. The minimum Gasteiger partial charge on any atom is -0.464 e. The van der Waals surface area contributed by atoms with Crippen molar-refractivity contribution in [2.75, 3.05) is 13.2 Å². The van der Waals surface area contributed by atoms with Crippen molar-refractivity contribution in [1.29, 1.82) is 0 Å². The van der Waals surface area contributed by atoms with E-state index in [1.807, 2.05) is 6.92 Å². The fraction of sp³-hybridized carbons (Fsp3) is 0.958. The van der Waals surface area contributed by atoms with Crippen molar-refractivity contribution in [3.8, 4) is 0 Å². The molecule has 0 saturated heterocycles. The molecule has 0 aliphatic carbocycles. The second-order valence-electron chi connectivity index (χ2n) is 8.05. The zero-order valence-corrected chi connectivity index (χ0v) is 18.8. The molecule has 27 heavy (non-hydrogen) atoms. The van der Waals surface area contributed by atoms with Crippen LogP contribution >= 0.6 is 0 Å². The van der Waals surface area contributed by atoms with Gasteiger partial charge in [-0.25, -0.2) is 0 Å². The van der Waals surface area contributed by atoms with Crippen LogP contribution in [-0.2, 0) is 9.53 Å². The highest BCUT2D eigenvalue weighted by atomic mass is 16.5. The molecule has 0 aromatic heterocycles. The molecule has 1 atom stereocenters. The summed E-state index contributed by atoms with van der Waals surface area (Å²) in [5.74, 6) is -0.0904. The minimum atomic E-state index is -0.0904. The van der Waals surface area contributed by atoms with E-state index in [1.54, 1.807) is 0 Å². The number of carbonyl (C=O) groups is 1. The van der Waals surface area contributed by atoms with E-state index in [2.05, 4.69) is 19.2 Å². The van der Waals surface area contributed by atoms with Gasteiger partial charge in [0.15, 0.2) is 0 Å². The Hall–Kier alpha value is -0.570. The molecular formula is C24H49NO2. The van der Waals surface area contributed by atoms with Crippen LogP contribution in [0.25, 0.3) is 0 Å². The fourth-order valence-corrected chi connectivity index (χ4v) is 3.57. The molecule has 0 amide bonds. The van der Waals surface area contributed by atoms with Crippen LogP contribution < -0.4 is 5.32 Å². The maximum atomic E-state index is 11.2. The Balaban J connectivity index is 3.85. The Morgan fingerprint density at radius 1 is 0.704 bits per heavy atom. The first-order valence-electron chi connectivity index (χ1n) is 12.1. The summed E-state index contributed by atoms with van der Waals surface area (Å²) in [4.78, 5) is 11.2. The Morgan fingerprint density at radius 2 is 1.15 bits per heavy atom. The van der Waals surface area contributed by atoms with Gasteiger partial charge in [0, 0.05) is 19.0 Å². The Kier molecular flexibility index (Phi) is 21.3. The van der Waals surface area contributed by atoms with Gasteiger partial charge in [0.1, 0.15) is 6.61 Å². The normalized spacial score (nSPS) is 12.3. The monoisotopic (exact) mass is 383 g/mol. The number of nitrogens with one attached hydrogen (secondary N) is 1. The van der Waals surface area contributed by atoms with Crippen molar-refractivity contribution in [1.82, 2.24) is 5.32 Å². The highest BCUT2D eigenvalue weighted by Gasteiger charge is 2.08. The fourth-order valence-electron chi connectivity index (χ4n) is 3.57. The van der Waals surface area contributed by atoms with Crippen molar-refractivity contribution < 1.29 is 9.53 Å². The van der Waals surface area contributed by atoms with Gasteiger partial charge in [0.2, 0.25) is 0 Å². The van der Waals surface area contributed by atoms with Crippen molar-refractivity contribution in [2.45, 2.75) is 136 Å². The molecule has 0 aromatic carbocycles. The van der Waals surface area contributed by atoms with Gasteiger partial charge >= 0.3 is 5.97 Å². The standard InChI is InChI=1S/C24H49NO2/c1-4-7-9-11-13-14-16-18-20-23(19-17-15-12-10-8-5-2)25-21-22-27-24(26)6-3/h23,25H,4-22H2,1-3H3. The maximum Gasteiger partial charge on any atom is 0.305 e. The highest BCUT2D eigenvalue weighted by Crippen LogP contribution is 2.15. The van der Waals surface area contributed by atoms with E-state index in [1.165, 1.54) is 103 Å². The van der Waals surface area contributed by atoms with Crippen LogP contribution in [0.1, 0.15) is 130 Å². The number of ether oxygens (including phenoxy) is 1. The van der Waals surface area contributed by atoms with Crippen LogP contribution in [0.4, 0.5) is 0 Å². The SMILES string of the molecule is CCCCCCCCCCC(CCCCCCCC)NCCOC(=O)CC. The lowest BCUT2D eigenvalue weighted by Crippen LogP contribution is -2.32. The lowest BCUT2D eigenvalue weighted by Gasteiger charge is -2.19. The lowest BCUT2D eigenvalue weighted by molar-refractivity contribution is -0.143. The molecular weight excluding hydrogens is 334 g/mol. The molecule has 3 heteroatoms. The third-order valence-corrected chi connectivity index (χ3v) is 5.40. The van der Waals surface area contributed by atoms with E-state index in [4.69, 9.17) is 4.74 Å². The molecule has 0 radical (unpaired) electrons. The Bertz CT molecular complexity index is 307. The van der Waals surface area contributed by atoms with Gasteiger partial charge in [-0.2, -0.15) is 0 Å². The third kappa shape index (κ3) is 20.0. The van der Waals surface area contributed by atoms with E-state index in [0.29, 0.717) is 19.1 Å². The first kappa shape index (κ1) is 26.4. The Labute approximate surface area is 170 Å². The number of hydrogen-bond acceptors (Lipinski definition) is 3. The molecule has 3 nitrogen and oxygen atoms in total. The number of hydrogen-bond donors (Lipinski definition) is 1. The van der Waals surface area contributed by atoms with Crippen LogP contribution in [0, 0.1) is 0 Å². The molecule has 1 unspecified atom stereocenters. The van der Waals surface area contributed by atoms with Crippen LogP contribution in [0.3, 0.4) is 0 Å². The summed E-state index contributed by atoms with van der Waals surface area (Å²) >= 11 is 0. The highest BCUT2D eigenvalue weighted by molar-refractivity contribution is 5.68. The predicted molar refractivity (Wildman–Crippen MR) is 118 cm³/mol. The summed E-state index contributed by atoms with van der Waals surface area (Å²) in [6, 6.07) is 0.594. The van der Waals surface area contributed by atoms with Crippen LogP contribution in [-0.4, -0.2) is 25.2 Å². The Morgan fingerprint density at radius 3 is 1.59 bits per heavy atom. The molecule has 0 spiro atoms. The summed E-state index contributed by atoms with van der Waals surface area (Å²) in [6.07, 6.45) is 22.2. The first-order valence-corrected chi connectivity index (χ1v) is 12.1. The van der Waals surface area contributed by atoms with Gasteiger partial charge in [0.25, 0.3) is 0 Å². The van der Waals surface area contributed by atoms with Gasteiger partial charge in [-0.3, -0.25) is 4.79 Å². The molecule has 0 aliphatic rings. The molecule has 0 rings (SSSR count). The largest absolute Gasteiger partial charge is 0.464 e. The van der Waals surface area contributed by atoms with E-state index in [0.717, 1.165) is 6.54 Å². The predicted octanol–water partition coefficient (Wildman–Crippen LogP) is 7.18. The second-order valence-corrected chi connectivity index (χ2v) is 8.05. The summed E-state index contributed by atoms with van der Waals surface area (Å²) < 4.78 is 5.20.